The van der Waals surface area contributed by atoms with Gasteiger partial charge in [-0.25, -0.2) is 4.98 Å². The monoisotopic (exact) mass is 228 g/mol. The van der Waals surface area contributed by atoms with Crippen molar-refractivity contribution < 1.29 is 9.90 Å². The Bertz CT molecular complexity index is 322. The van der Waals surface area contributed by atoms with Crippen molar-refractivity contribution in [2.75, 3.05) is 0 Å². The van der Waals surface area contributed by atoms with E-state index < -0.39 is 5.97 Å². The zero-order valence-electron chi connectivity index (χ0n) is 9.15. The zero-order valence-corrected chi connectivity index (χ0v) is 9.97. The molecule has 84 valence electrons. The van der Waals surface area contributed by atoms with E-state index in [1.807, 2.05) is 26.2 Å². The smallest absolute Gasteiger partial charge is 0.304 e. The van der Waals surface area contributed by atoms with Gasteiger partial charge in [0.05, 0.1) is 12.0 Å². The Morgan fingerprint density at radius 3 is 2.87 bits per heavy atom. The van der Waals surface area contributed by atoms with Crippen LogP contribution in [0.5, 0.6) is 0 Å². The van der Waals surface area contributed by atoms with Crippen LogP contribution in [0.1, 0.15) is 32.2 Å². The average Bonchev–Trinajstić information content (AvgIpc) is 2.51. The maximum absolute atomic E-state index is 10.5. The summed E-state index contributed by atoms with van der Waals surface area (Å²) >= 11 is 1.57. The molecule has 15 heavy (non-hydrogen) atoms. The SMILES string of the molecule is CC(CC(=O)O)NC(C)(C)c1nccs1. The lowest BCUT2D eigenvalue weighted by atomic mass is 10.0. The number of carboxylic acids is 1. The fourth-order valence-corrected chi connectivity index (χ4v) is 2.25. The number of carboxylic acid groups (broad SMARTS) is 1. The first-order valence-corrected chi connectivity index (χ1v) is 5.69. The topological polar surface area (TPSA) is 62.2 Å². The minimum atomic E-state index is -0.787. The second-order valence-corrected chi connectivity index (χ2v) is 5.00. The molecule has 0 aromatic carbocycles. The third-order valence-corrected chi connectivity index (χ3v) is 3.15. The first kappa shape index (κ1) is 12.1. The van der Waals surface area contributed by atoms with Gasteiger partial charge in [0.15, 0.2) is 0 Å². The molecule has 0 aliphatic carbocycles. The van der Waals surface area contributed by atoms with Gasteiger partial charge in [-0.1, -0.05) is 0 Å². The number of thiazole rings is 1. The van der Waals surface area contributed by atoms with Crippen LogP contribution in [0.3, 0.4) is 0 Å². The maximum atomic E-state index is 10.5. The van der Waals surface area contributed by atoms with Crippen LogP contribution in [-0.4, -0.2) is 22.1 Å². The molecule has 1 aromatic rings. The van der Waals surface area contributed by atoms with Crippen LogP contribution >= 0.6 is 11.3 Å². The summed E-state index contributed by atoms with van der Waals surface area (Å²) in [6.07, 6.45) is 1.88. The Morgan fingerprint density at radius 1 is 1.73 bits per heavy atom. The number of rotatable bonds is 5. The van der Waals surface area contributed by atoms with Crippen LogP contribution in [0.4, 0.5) is 0 Å². The highest BCUT2D eigenvalue weighted by Gasteiger charge is 2.25. The lowest BCUT2D eigenvalue weighted by Crippen LogP contribution is -2.43. The molecule has 0 amide bonds. The van der Waals surface area contributed by atoms with E-state index in [1.165, 1.54) is 0 Å². The van der Waals surface area contributed by atoms with Crippen molar-refractivity contribution in [3.05, 3.63) is 16.6 Å². The predicted octanol–water partition coefficient (Wildman–Crippen LogP) is 1.83. The van der Waals surface area contributed by atoms with Crippen LogP contribution in [0.2, 0.25) is 0 Å². The molecule has 1 heterocycles. The predicted molar refractivity (Wildman–Crippen MR) is 60.0 cm³/mol. The van der Waals surface area contributed by atoms with Crippen molar-refractivity contribution in [1.82, 2.24) is 10.3 Å². The maximum Gasteiger partial charge on any atom is 0.304 e. The van der Waals surface area contributed by atoms with E-state index in [-0.39, 0.29) is 18.0 Å². The van der Waals surface area contributed by atoms with Gasteiger partial charge in [0.1, 0.15) is 5.01 Å². The molecule has 1 unspecified atom stereocenters. The second-order valence-electron chi connectivity index (χ2n) is 4.11. The van der Waals surface area contributed by atoms with Gasteiger partial charge in [-0.2, -0.15) is 0 Å². The van der Waals surface area contributed by atoms with Crippen LogP contribution in [0, 0.1) is 0 Å². The number of nitrogens with zero attached hydrogens (tertiary/aromatic N) is 1. The Kier molecular flexibility index (Phi) is 3.82. The molecule has 1 rings (SSSR count). The molecule has 0 saturated carbocycles. The van der Waals surface area contributed by atoms with Crippen LogP contribution in [-0.2, 0) is 10.3 Å². The van der Waals surface area contributed by atoms with E-state index in [0.29, 0.717) is 0 Å². The van der Waals surface area contributed by atoms with Gasteiger partial charge < -0.3 is 10.4 Å². The van der Waals surface area contributed by atoms with E-state index in [0.717, 1.165) is 5.01 Å². The molecule has 0 spiro atoms. The molecular formula is C10H16N2O2S. The number of hydrogen-bond donors (Lipinski definition) is 2. The van der Waals surface area contributed by atoms with Gasteiger partial charge in [0, 0.05) is 17.6 Å². The summed E-state index contributed by atoms with van der Waals surface area (Å²) in [5.74, 6) is -0.787. The van der Waals surface area contributed by atoms with Crippen molar-refractivity contribution in [2.24, 2.45) is 0 Å². The summed E-state index contributed by atoms with van der Waals surface area (Å²) in [6.45, 7) is 5.87. The van der Waals surface area contributed by atoms with Crippen LogP contribution < -0.4 is 5.32 Å². The highest BCUT2D eigenvalue weighted by Crippen LogP contribution is 2.22. The first-order chi connectivity index (χ1) is 6.92. The van der Waals surface area contributed by atoms with Crippen LogP contribution in [0.25, 0.3) is 0 Å². The van der Waals surface area contributed by atoms with Gasteiger partial charge in [0.2, 0.25) is 0 Å². The number of carbonyl (C=O) groups is 1. The second kappa shape index (κ2) is 4.72. The molecule has 5 heteroatoms. The number of aromatic nitrogens is 1. The molecule has 0 aliphatic heterocycles. The molecule has 1 aromatic heterocycles. The molecule has 2 N–H and O–H groups in total. The molecule has 0 radical (unpaired) electrons. The van der Waals surface area contributed by atoms with Gasteiger partial charge >= 0.3 is 5.97 Å². The largest absolute Gasteiger partial charge is 0.481 e. The third-order valence-electron chi connectivity index (χ3n) is 2.06. The Balaban J connectivity index is 2.60. The number of hydrogen-bond acceptors (Lipinski definition) is 4. The van der Waals surface area contributed by atoms with Crippen molar-refractivity contribution in [3.63, 3.8) is 0 Å². The highest BCUT2D eigenvalue weighted by molar-refractivity contribution is 7.09. The minimum absolute atomic E-state index is 0.0681. The number of aliphatic carboxylic acids is 1. The standard InChI is InChI=1S/C10H16N2O2S/c1-7(6-8(13)14)12-10(2,3)9-11-4-5-15-9/h4-5,7,12H,6H2,1-3H3,(H,13,14). The summed E-state index contributed by atoms with van der Waals surface area (Å²) < 4.78 is 0. The van der Waals surface area contributed by atoms with Crippen molar-refractivity contribution in [3.8, 4) is 0 Å². The fourth-order valence-electron chi connectivity index (χ4n) is 1.52. The van der Waals surface area contributed by atoms with Crippen molar-refractivity contribution in [1.29, 1.82) is 0 Å². The summed E-state index contributed by atoms with van der Waals surface area (Å²) in [5.41, 5.74) is -0.275. The normalized spacial score (nSPS) is 13.8. The lowest BCUT2D eigenvalue weighted by molar-refractivity contribution is -0.137. The molecule has 0 fully saturated rings. The molecule has 0 saturated heterocycles. The summed E-state index contributed by atoms with van der Waals surface area (Å²) in [6, 6.07) is -0.0681. The first-order valence-electron chi connectivity index (χ1n) is 4.81. The minimum Gasteiger partial charge on any atom is -0.481 e. The van der Waals surface area contributed by atoms with Crippen LogP contribution in [0.15, 0.2) is 11.6 Å². The summed E-state index contributed by atoms with van der Waals surface area (Å²) in [5, 5.41) is 14.8. The van der Waals surface area contributed by atoms with Gasteiger partial charge in [0.25, 0.3) is 0 Å². The Morgan fingerprint density at radius 2 is 2.40 bits per heavy atom. The van der Waals surface area contributed by atoms with Gasteiger partial charge in [-0.15, -0.1) is 11.3 Å². The number of nitrogens with one attached hydrogen (secondary N) is 1. The summed E-state index contributed by atoms with van der Waals surface area (Å²) in [7, 11) is 0. The van der Waals surface area contributed by atoms with Crippen molar-refractivity contribution in [2.45, 2.75) is 38.8 Å². The van der Waals surface area contributed by atoms with E-state index in [2.05, 4.69) is 10.3 Å². The van der Waals surface area contributed by atoms with E-state index in [1.54, 1.807) is 17.5 Å². The highest BCUT2D eigenvalue weighted by atomic mass is 32.1. The van der Waals surface area contributed by atoms with Gasteiger partial charge in [-0.05, 0) is 20.8 Å². The zero-order chi connectivity index (χ0) is 11.5. The quantitative estimate of drug-likeness (QED) is 0.807. The summed E-state index contributed by atoms with van der Waals surface area (Å²) in [4.78, 5) is 14.8. The fraction of sp³-hybridized carbons (Fsp3) is 0.600. The molecule has 0 bridgehead atoms. The average molecular weight is 228 g/mol. The lowest BCUT2D eigenvalue weighted by Gasteiger charge is -2.27. The molecule has 4 nitrogen and oxygen atoms in total. The van der Waals surface area contributed by atoms with E-state index in [4.69, 9.17) is 5.11 Å². The van der Waals surface area contributed by atoms with E-state index in [9.17, 15) is 4.79 Å². The Hall–Kier alpha value is -0.940. The molecule has 0 aliphatic rings. The third kappa shape index (κ3) is 3.60. The van der Waals surface area contributed by atoms with E-state index >= 15 is 0 Å². The molecule has 1 atom stereocenters. The van der Waals surface area contributed by atoms with Crippen molar-refractivity contribution >= 4 is 17.3 Å². The molecular weight excluding hydrogens is 212 g/mol. The van der Waals surface area contributed by atoms with Gasteiger partial charge in [-0.3, -0.25) is 4.79 Å². The Labute approximate surface area is 93.4 Å².